The van der Waals surface area contributed by atoms with Crippen molar-refractivity contribution in [3.8, 4) is 5.69 Å². The SMILES string of the molecule is O=CNc1cc(C(F)(F)F)ccc1-n1ccnc1. The van der Waals surface area contributed by atoms with Crippen molar-refractivity contribution in [3.05, 3.63) is 42.5 Å². The summed E-state index contributed by atoms with van der Waals surface area (Å²) in [7, 11) is 0. The van der Waals surface area contributed by atoms with E-state index in [1.807, 2.05) is 0 Å². The molecule has 18 heavy (non-hydrogen) atoms. The maximum atomic E-state index is 12.5. The van der Waals surface area contributed by atoms with Crippen molar-refractivity contribution >= 4 is 12.1 Å². The van der Waals surface area contributed by atoms with E-state index in [2.05, 4.69) is 10.3 Å². The molecule has 0 aliphatic rings. The number of carbonyl (C=O) groups is 1. The number of benzene rings is 1. The smallest absolute Gasteiger partial charge is 0.327 e. The van der Waals surface area contributed by atoms with Gasteiger partial charge in [-0.25, -0.2) is 4.98 Å². The van der Waals surface area contributed by atoms with Crippen LogP contribution in [-0.4, -0.2) is 16.0 Å². The number of anilines is 1. The van der Waals surface area contributed by atoms with Crippen molar-refractivity contribution in [1.29, 1.82) is 0 Å². The molecule has 2 rings (SSSR count). The van der Waals surface area contributed by atoms with E-state index in [-0.39, 0.29) is 5.69 Å². The van der Waals surface area contributed by atoms with Crippen LogP contribution >= 0.6 is 0 Å². The van der Waals surface area contributed by atoms with Gasteiger partial charge in [-0.1, -0.05) is 0 Å². The number of carbonyl (C=O) groups excluding carboxylic acids is 1. The maximum absolute atomic E-state index is 12.5. The van der Waals surface area contributed by atoms with Crippen molar-refractivity contribution in [2.75, 3.05) is 5.32 Å². The predicted molar refractivity (Wildman–Crippen MR) is 58.3 cm³/mol. The Balaban J connectivity index is 2.51. The molecule has 0 unspecified atom stereocenters. The Bertz CT molecular complexity index is 549. The van der Waals surface area contributed by atoms with Crippen molar-refractivity contribution < 1.29 is 18.0 Å². The van der Waals surface area contributed by atoms with Gasteiger partial charge < -0.3 is 9.88 Å². The van der Waals surface area contributed by atoms with Crippen molar-refractivity contribution in [1.82, 2.24) is 9.55 Å². The first-order valence-electron chi connectivity index (χ1n) is 4.92. The third kappa shape index (κ3) is 2.34. The fourth-order valence-electron chi connectivity index (χ4n) is 1.52. The molecular formula is C11H8F3N3O. The van der Waals surface area contributed by atoms with Crippen LogP contribution in [0.15, 0.2) is 36.9 Å². The first kappa shape index (κ1) is 12.2. The van der Waals surface area contributed by atoms with Crippen LogP contribution in [0.3, 0.4) is 0 Å². The minimum atomic E-state index is -4.45. The van der Waals surface area contributed by atoms with Crippen LogP contribution in [0.1, 0.15) is 5.56 Å². The first-order chi connectivity index (χ1) is 8.52. The summed E-state index contributed by atoms with van der Waals surface area (Å²) in [5, 5.41) is 2.25. The predicted octanol–water partition coefficient (Wildman–Crippen LogP) is 2.46. The number of aromatic nitrogens is 2. The number of nitrogens with one attached hydrogen (secondary N) is 1. The number of halogens is 3. The third-order valence-electron chi connectivity index (χ3n) is 2.32. The quantitative estimate of drug-likeness (QED) is 0.856. The van der Waals surface area contributed by atoms with Gasteiger partial charge in [0.15, 0.2) is 0 Å². The number of amides is 1. The number of imidazole rings is 1. The number of nitrogens with zero attached hydrogens (tertiary/aromatic N) is 2. The monoisotopic (exact) mass is 255 g/mol. The van der Waals surface area contributed by atoms with Crippen LogP contribution in [0.25, 0.3) is 5.69 Å². The summed E-state index contributed by atoms with van der Waals surface area (Å²) in [5.74, 6) is 0. The highest BCUT2D eigenvalue weighted by molar-refractivity contribution is 5.77. The zero-order valence-corrected chi connectivity index (χ0v) is 8.98. The Kier molecular flexibility index (Phi) is 3.05. The highest BCUT2D eigenvalue weighted by atomic mass is 19.4. The number of hydrogen-bond acceptors (Lipinski definition) is 2. The number of hydrogen-bond donors (Lipinski definition) is 1. The fraction of sp³-hybridized carbons (Fsp3) is 0.0909. The van der Waals surface area contributed by atoms with E-state index in [0.29, 0.717) is 12.1 Å². The lowest BCUT2D eigenvalue weighted by Crippen LogP contribution is -2.08. The van der Waals surface area contributed by atoms with Crippen LogP contribution in [-0.2, 0) is 11.0 Å². The summed E-state index contributed by atoms with van der Waals surface area (Å²) < 4.78 is 39.1. The lowest BCUT2D eigenvalue weighted by Gasteiger charge is -2.13. The van der Waals surface area contributed by atoms with E-state index in [9.17, 15) is 18.0 Å². The minimum Gasteiger partial charge on any atom is -0.327 e. The molecule has 2 aromatic rings. The zero-order valence-electron chi connectivity index (χ0n) is 8.98. The topological polar surface area (TPSA) is 46.9 Å². The summed E-state index contributed by atoms with van der Waals surface area (Å²) in [6.45, 7) is 0. The normalized spacial score (nSPS) is 11.3. The molecule has 0 bridgehead atoms. The van der Waals surface area contributed by atoms with Gasteiger partial charge in [0.1, 0.15) is 0 Å². The number of rotatable bonds is 3. The maximum Gasteiger partial charge on any atom is 0.416 e. The second kappa shape index (κ2) is 4.52. The molecule has 1 heterocycles. The van der Waals surface area contributed by atoms with Crippen LogP contribution in [0.4, 0.5) is 18.9 Å². The highest BCUT2D eigenvalue weighted by Crippen LogP contribution is 2.33. The van der Waals surface area contributed by atoms with E-state index < -0.39 is 11.7 Å². The molecule has 0 aliphatic carbocycles. The largest absolute Gasteiger partial charge is 0.416 e. The van der Waals surface area contributed by atoms with Gasteiger partial charge in [-0.05, 0) is 18.2 Å². The highest BCUT2D eigenvalue weighted by Gasteiger charge is 2.31. The lowest BCUT2D eigenvalue weighted by atomic mass is 10.1. The average molecular weight is 255 g/mol. The molecule has 1 aromatic carbocycles. The Labute approximate surface area is 100 Å². The molecule has 0 spiro atoms. The lowest BCUT2D eigenvalue weighted by molar-refractivity contribution is -0.137. The first-order valence-corrected chi connectivity index (χ1v) is 4.92. The Hall–Kier alpha value is -2.31. The van der Waals surface area contributed by atoms with E-state index in [4.69, 9.17) is 0 Å². The van der Waals surface area contributed by atoms with Gasteiger partial charge in [-0.2, -0.15) is 13.2 Å². The van der Waals surface area contributed by atoms with Crippen molar-refractivity contribution in [2.45, 2.75) is 6.18 Å². The van der Waals surface area contributed by atoms with Gasteiger partial charge in [0.05, 0.1) is 23.3 Å². The standard InChI is InChI=1S/C11H8F3N3O/c12-11(13,14)8-1-2-10(9(5-8)16-7-18)17-4-3-15-6-17/h1-7H,(H,16,18). The van der Waals surface area contributed by atoms with Gasteiger partial charge in [0.2, 0.25) is 6.41 Å². The third-order valence-corrected chi connectivity index (χ3v) is 2.32. The van der Waals surface area contributed by atoms with E-state index in [1.54, 1.807) is 6.20 Å². The fourth-order valence-corrected chi connectivity index (χ4v) is 1.52. The number of alkyl halides is 3. The van der Waals surface area contributed by atoms with E-state index in [0.717, 1.165) is 12.1 Å². The van der Waals surface area contributed by atoms with Gasteiger partial charge in [-0.15, -0.1) is 0 Å². The molecule has 1 N–H and O–H groups in total. The van der Waals surface area contributed by atoms with Gasteiger partial charge in [0.25, 0.3) is 0 Å². The molecule has 0 atom stereocenters. The second-order valence-corrected chi connectivity index (χ2v) is 3.46. The summed E-state index contributed by atoms with van der Waals surface area (Å²) >= 11 is 0. The molecule has 1 amide bonds. The zero-order chi connectivity index (χ0) is 13.2. The molecule has 4 nitrogen and oxygen atoms in total. The average Bonchev–Trinajstić information content (AvgIpc) is 2.81. The molecular weight excluding hydrogens is 247 g/mol. The van der Waals surface area contributed by atoms with E-state index in [1.165, 1.54) is 23.2 Å². The molecule has 94 valence electrons. The van der Waals surface area contributed by atoms with Crippen molar-refractivity contribution in [2.24, 2.45) is 0 Å². The Morgan fingerprint density at radius 3 is 2.67 bits per heavy atom. The molecule has 1 aromatic heterocycles. The Morgan fingerprint density at radius 2 is 2.11 bits per heavy atom. The van der Waals surface area contributed by atoms with Gasteiger partial charge in [0, 0.05) is 12.4 Å². The summed E-state index contributed by atoms with van der Waals surface area (Å²) in [6, 6.07) is 3.10. The summed E-state index contributed by atoms with van der Waals surface area (Å²) in [5.41, 5.74) is -0.346. The van der Waals surface area contributed by atoms with Crippen LogP contribution < -0.4 is 5.32 Å². The van der Waals surface area contributed by atoms with Gasteiger partial charge in [-0.3, -0.25) is 4.79 Å². The van der Waals surface area contributed by atoms with Crippen LogP contribution in [0, 0.1) is 0 Å². The second-order valence-electron chi connectivity index (χ2n) is 3.46. The molecule has 0 radical (unpaired) electrons. The molecule has 0 saturated carbocycles. The van der Waals surface area contributed by atoms with Crippen LogP contribution in [0.2, 0.25) is 0 Å². The van der Waals surface area contributed by atoms with Crippen LogP contribution in [0.5, 0.6) is 0 Å². The van der Waals surface area contributed by atoms with Crippen molar-refractivity contribution in [3.63, 3.8) is 0 Å². The molecule has 7 heteroatoms. The summed E-state index contributed by atoms with van der Waals surface area (Å²) in [6.07, 6.45) is 0.363. The Morgan fingerprint density at radius 1 is 1.33 bits per heavy atom. The molecule has 0 saturated heterocycles. The molecule has 0 aliphatic heterocycles. The van der Waals surface area contributed by atoms with Gasteiger partial charge >= 0.3 is 6.18 Å². The van der Waals surface area contributed by atoms with E-state index >= 15 is 0 Å². The minimum absolute atomic E-state index is 0.0674. The molecule has 0 fully saturated rings. The summed E-state index contributed by atoms with van der Waals surface area (Å²) in [4.78, 5) is 14.2.